The topological polar surface area (TPSA) is 45.2 Å². The van der Waals surface area contributed by atoms with E-state index < -0.39 is 6.17 Å². The number of likely N-dealkylation sites (tertiary alicyclic amines) is 1. The predicted octanol–water partition coefficient (Wildman–Crippen LogP) is 4.33. The van der Waals surface area contributed by atoms with E-state index >= 15 is 0 Å². The molecule has 0 unspecified atom stereocenters. The lowest BCUT2D eigenvalue weighted by molar-refractivity contribution is 0.0645. The highest BCUT2D eigenvalue weighted by Crippen LogP contribution is 2.26. The molecular formula is C22H21ClFN3O. The molecule has 1 aliphatic rings. The van der Waals surface area contributed by atoms with Crippen LogP contribution in [0.15, 0.2) is 54.6 Å². The van der Waals surface area contributed by atoms with Crippen LogP contribution in [0.25, 0.3) is 22.0 Å². The number of amides is 1. The highest BCUT2D eigenvalue weighted by atomic mass is 35.5. The maximum Gasteiger partial charge on any atom is 0.270 e. The molecule has 4 nitrogen and oxygen atoms in total. The second kappa shape index (κ2) is 8.25. The molecule has 1 N–H and O–H groups in total. The molecule has 1 saturated heterocycles. The lowest BCUT2D eigenvalue weighted by Gasteiger charge is -2.34. The van der Waals surface area contributed by atoms with E-state index in [0.717, 1.165) is 35.0 Å². The molecule has 0 atom stereocenters. The number of rotatable bonds is 6. The minimum absolute atomic E-state index is 0.195. The number of halogens is 2. The average molecular weight is 398 g/mol. The van der Waals surface area contributed by atoms with Crippen molar-refractivity contribution in [2.45, 2.75) is 12.6 Å². The fourth-order valence-corrected chi connectivity index (χ4v) is 3.54. The van der Waals surface area contributed by atoms with Crippen LogP contribution in [0.4, 0.5) is 4.39 Å². The van der Waals surface area contributed by atoms with Crippen molar-refractivity contribution in [3.8, 4) is 11.3 Å². The van der Waals surface area contributed by atoms with E-state index in [2.05, 4.69) is 10.3 Å². The van der Waals surface area contributed by atoms with Crippen LogP contribution >= 0.6 is 11.6 Å². The molecule has 2 aromatic carbocycles. The van der Waals surface area contributed by atoms with Gasteiger partial charge in [-0.1, -0.05) is 48.0 Å². The Morgan fingerprint density at radius 3 is 2.68 bits per heavy atom. The number of hydrogen-bond donors (Lipinski definition) is 1. The molecular weight excluding hydrogens is 377 g/mol. The number of hydrogen-bond acceptors (Lipinski definition) is 3. The first-order valence-corrected chi connectivity index (χ1v) is 9.78. The Morgan fingerprint density at radius 1 is 1.18 bits per heavy atom. The van der Waals surface area contributed by atoms with Crippen molar-refractivity contribution in [3.63, 3.8) is 0 Å². The summed E-state index contributed by atoms with van der Waals surface area (Å²) in [6, 6.07) is 17.1. The van der Waals surface area contributed by atoms with Gasteiger partial charge >= 0.3 is 0 Å². The van der Waals surface area contributed by atoms with Crippen molar-refractivity contribution in [1.29, 1.82) is 0 Å². The summed E-state index contributed by atoms with van der Waals surface area (Å²) in [4.78, 5) is 19.5. The SMILES string of the molecule is O=C(NCCCN1CC(F)C1)c1nc(-c2ccc(Cl)cc2)cc2ccccc12. The molecule has 0 saturated carbocycles. The quantitative estimate of drug-likeness (QED) is 0.630. The molecule has 1 aromatic heterocycles. The second-order valence-electron chi connectivity index (χ2n) is 7.05. The first kappa shape index (κ1) is 18.8. The van der Waals surface area contributed by atoms with Crippen LogP contribution in [-0.2, 0) is 0 Å². The lowest BCUT2D eigenvalue weighted by atomic mass is 10.0. The fraction of sp³-hybridized carbons (Fsp3) is 0.273. The number of nitrogens with zero attached hydrogens (tertiary/aromatic N) is 2. The second-order valence-corrected chi connectivity index (χ2v) is 7.49. The van der Waals surface area contributed by atoms with Crippen LogP contribution in [0.1, 0.15) is 16.9 Å². The molecule has 4 rings (SSSR count). The zero-order valence-electron chi connectivity index (χ0n) is 15.4. The highest BCUT2D eigenvalue weighted by molar-refractivity contribution is 6.30. The van der Waals surface area contributed by atoms with Gasteiger partial charge in [0.05, 0.1) is 5.69 Å². The van der Waals surface area contributed by atoms with Gasteiger partial charge in [0.2, 0.25) is 0 Å². The molecule has 0 aliphatic carbocycles. The molecule has 6 heteroatoms. The Labute approximate surface area is 168 Å². The standard InChI is InChI=1S/C22H21ClFN3O/c23-17-8-6-15(7-9-17)20-12-16-4-1-2-5-19(16)21(26-20)22(28)25-10-3-11-27-13-18(24)14-27/h1-2,4-9,12,18H,3,10-11,13-14H2,(H,25,28). The van der Waals surface area contributed by atoms with E-state index in [1.807, 2.05) is 59.5 Å². The molecule has 0 radical (unpaired) electrons. The van der Waals surface area contributed by atoms with Crippen molar-refractivity contribution < 1.29 is 9.18 Å². The number of carbonyl (C=O) groups excluding carboxylic acids is 1. The molecule has 0 bridgehead atoms. The van der Waals surface area contributed by atoms with Gasteiger partial charge in [0.25, 0.3) is 5.91 Å². The number of benzene rings is 2. The predicted molar refractivity (Wildman–Crippen MR) is 110 cm³/mol. The zero-order chi connectivity index (χ0) is 19.5. The minimum atomic E-state index is -0.694. The Kier molecular flexibility index (Phi) is 5.55. The molecule has 1 aliphatic heterocycles. The van der Waals surface area contributed by atoms with Crippen molar-refractivity contribution in [1.82, 2.24) is 15.2 Å². The number of alkyl halides is 1. The molecule has 0 spiro atoms. The number of fused-ring (bicyclic) bond motifs is 1. The van der Waals surface area contributed by atoms with Crippen LogP contribution in [0.5, 0.6) is 0 Å². The molecule has 1 fully saturated rings. The Hall–Kier alpha value is -2.50. The van der Waals surface area contributed by atoms with Crippen LogP contribution < -0.4 is 5.32 Å². The van der Waals surface area contributed by atoms with E-state index in [1.54, 1.807) is 0 Å². The third-order valence-corrected chi connectivity index (χ3v) is 5.20. The van der Waals surface area contributed by atoms with Gasteiger partial charge in [-0.2, -0.15) is 0 Å². The Bertz CT molecular complexity index is 987. The van der Waals surface area contributed by atoms with Gasteiger partial charge in [-0.05, 0) is 30.0 Å². The summed E-state index contributed by atoms with van der Waals surface area (Å²) >= 11 is 5.98. The monoisotopic (exact) mass is 397 g/mol. The highest BCUT2D eigenvalue weighted by Gasteiger charge is 2.25. The first-order valence-electron chi connectivity index (χ1n) is 9.40. The van der Waals surface area contributed by atoms with Gasteiger partial charge < -0.3 is 5.32 Å². The normalized spacial score (nSPS) is 14.8. The summed E-state index contributed by atoms with van der Waals surface area (Å²) in [7, 11) is 0. The van der Waals surface area contributed by atoms with E-state index in [0.29, 0.717) is 30.4 Å². The maximum absolute atomic E-state index is 12.8. The number of carbonyl (C=O) groups is 1. The largest absolute Gasteiger partial charge is 0.351 e. The molecule has 1 amide bonds. The summed E-state index contributed by atoms with van der Waals surface area (Å²) < 4.78 is 12.8. The molecule has 3 aromatic rings. The fourth-order valence-electron chi connectivity index (χ4n) is 3.42. The van der Waals surface area contributed by atoms with Gasteiger partial charge in [0.15, 0.2) is 0 Å². The van der Waals surface area contributed by atoms with E-state index in [9.17, 15) is 9.18 Å². The maximum atomic E-state index is 12.8. The average Bonchev–Trinajstić information content (AvgIpc) is 2.69. The van der Waals surface area contributed by atoms with E-state index in [1.165, 1.54) is 0 Å². The van der Waals surface area contributed by atoms with Crippen LogP contribution in [0, 0.1) is 0 Å². The third-order valence-electron chi connectivity index (χ3n) is 4.94. The molecule has 144 valence electrons. The number of aromatic nitrogens is 1. The van der Waals surface area contributed by atoms with Crippen molar-refractivity contribution in [2.75, 3.05) is 26.2 Å². The third kappa shape index (κ3) is 4.16. The summed E-state index contributed by atoms with van der Waals surface area (Å²) in [6.07, 6.45) is 0.0912. The van der Waals surface area contributed by atoms with Gasteiger partial charge in [-0.3, -0.25) is 9.69 Å². The number of pyridine rings is 1. The van der Waals surface area contributed by atoms with Gasteiger partial charge in [0, 0.05) is 42.2 Å². The zero-order valence-corrected chi connectivity index (χ0v) is 16.1. The van der Waals surface area contributed by atoms with Crippen molar-refractivity contribution in [2.24, 2.45) is 0 Å². The number of nitrogens with one attached hydrogen (secondary N) is 1. The summed E-state index contributed by atoms with van der Waals surface area (Å²) in [5.74, 6) is -0.195. The van der Waals surface area contributed by atoms with Crippen molar-refractivity contribution >= 4 is 28.3 Å². The first-order chi connectivity index (χ1) is 13.6. The summed E-state index contributed by atoms with van der Waals surface area (Å²) in [5, 5.41) is 5.39. The molecule has 28 heavy (non-hydrogen) atoms. The minimum Gasteiger partial charge on any atom is -0.351 e. The van der Waals surface area contributed by atoms with Crippen LogP contribution in [0.2, 0.25) is 5.02 Å². The Balaban J connectivity index is 1.52. The lowest BCUT2D eigenvalue weighted by Crippen LogP contribution is -2.49. The molecule has 2 heterocycles. The van der Waals surface area contributed by atoms with E-state index in [-0.39, 0.29) is 5.91 Å². The van der Waals surface area contributed by atoms with E-state index in [4.69, 9.17) is 11.6 Å². The summed E-state index contributed by atoms with van der Waals surface area (Å²) in [5.41, 5.74) is 2.05. The van der Waals surface area contributed by atoms with Gasteiger partial charge in [-0.25, -0.2) is 9.37 Å². The van der Waals surface area contributed by atoms with Crippen LogP contribution in [-0.4, -0.2) is 48.1 Å². The van der Waals surface area contributed by atoms with Crippen LogP contribution in [0.3, 0.4) is 0 Å². The van der Waals surface area contributed by atoms with Gasteiger partial charge in [0.1, 0.15) is 11.9 Å². The Morgan fingerprint density at radius 2 is 1.93 bits per heavy atom. The van der Waals surface area contributed by atoms with Crippen molar-refractivity contribution in [3.05, 3.63) is 65.3 Å². The smallest absolute Gasteiger partial charge is 0.270 e. The summed E-state index contributed by atoms with van der Waals surface area (Å²) in [6.45, 7) is 2.33. The van der Waals surface area contributed by atoms with Gasteiger partial charge in [-0.15, -0.1) is 0 Å².